The van der Waals surface area contributed by atoms with Crippen molar-refractivity contribution in [3.8, 4) is 10.4 Å². The Morgan fingerprint density at radius 2 is 1.87 bits per heavy atom. The van der Waals surface area contributed by atoms with Crippen LogP contribution in [0, 0.1) is 0 Å². The number of para-hydroxylation sites is 1. The fourth-order valence-electron chi connectivity index (χ4n) is 3.42. The van der Waals surface area contributed by atoms with Gasteiger partial charge in [-0.1, -0.05) is 62.4 Å². The average molecular weight is 418 g/mol. The molecule has 152 valence electrons. The lowest BCUT2D eigenvalue weighted by atomic mass is 9.97. The van der Waals surface area contributed by atoms with Gasteiger partial charge in [-0.3, -0.25) is 14.2 Å². The largest absolute Gasteiger partial charge is 0.324 e. The van der Waals surface area contributed by atoms with Gasteiger partial charge < -0.3 is 5.32 Å². The fraction of sp³-hybridized carbons (Fsp3) is 0.208. The number of hydrogen-bond donors (Lipinski definition) is 1. The molecule has 0 fully saturated rings. The standard InChI is InChI=1S/C24H23N3O2S/c1-3-16(2)18-11-7-8-12-20(18)26-22(28)14-27-15-25-23-19(24(27)29)13-21(30-23)17-9-5-4-6-10-17/h4-13,15-16H,3,14H2,1-2H3,(H,26,28)/t16-/m1/s1. The van der Waals surface area contributed by atoms with E-state index in [-0.39, 0.29) is 18.0 Å². The smallest absolute Gasteiger partial charge is 0.262 e. The second-order valence-electron chi connectivity index (χ2n) is 7.32. The van der Waals surface area contributed by atoms with Crippen LogP contribution >= 0.6 is 11.3 Å². The molecule has 4 aromatic rings. The number of aromatic nitrogens is 2. The van der Waals surface area contributed by atoms with Crippen LogP contribution in [0.25, 0.3) is 20.7 Å². The Labute approximate surface area is 179 Å². The number of anilines is 1. The van der Waals surface area contributed by atoms with E-state index in [0.29, 0.717) is 16.1 Å². The number of carbonyl (C=O) groups is 1. The Hall–Kier alpha value is -3.25. The van der Waals surface area contributed by atoms with Gasteiger partial charge in [0.05, 0.1) is 11.7 Å². The number of carbonyl (C=O) groups excluding carboxylic acids is 1. The third-order valence-corrected chi connectivity index (χ3v) is 6.36. The molecule has 1 N–H and O–H groups in total. The van der Waals surface area contributed by atoms with Crippen molar-refractivity contribution in [3.05, 3.63) is 82.9 Å². The maximum atomic E-state index is 12.9. The number of nitrogens with one attached hydrogen (secondary N) is 1. The maximum absolute atomic E-state index is 12.9. The van der Waals surface area contributed by atoms with Crippen LogP contribution < -0.4 is 10.9 Å². The number of amides is 1. The summed E-state index contributed by atoms with van der Waals surface area (Å²) in [6, 6.07) is 19.6. The zero-order valence-corrected chi connectivity index (χ0v) is 17.8. The van der Waals surface area contributed by atoms with E-state index in [4.69, 9.17) is 0 Å². The van der Waals surface area contributed by atoms with E-state index in [1.165, 1.54) is 22.2 Å². The molecule has 0 aliphatic carbocycles. The Bertz CT molecular complexity index is 1240. The van der Waals surface area contributed by atoms with Gasteiger partial charge in [0.1, 0.15) is 11.4 Å². The molecule has 0 saturated heterocycles. The van der Waals surface area contributed by atoms with Gasteiger partial charge in [0, 0.05) is 10.6 Å². The highest BCUT2D eigenvalue weighted by atomic mass is 32.1. The number of nitrogens with zero attached hydrogens (tertiary/aromatic N) is 2. The second-order valence-corrected chi connectivity index (χ2v) is 8.35. The monoisotopic (exact) mass is 417 g/mol. The molecule has 5 nitrogen and oxygen atoms in total. The molecule has 0 aliphatic heterocycles. The highest BCUT2D eigenvalue weighted by molar-refractivity contribution is 7.21. The van der Waals surface area contributed by atoms with Gasteiger partial charge >= 0.3 is 0 Å². The van der Waals surface area contributed by atoms with Crippen LogP contribution in [0.4, 0.5) is 5.69 Å². The van der Waals surface area contributed by atoms with E-state index in [1.807, 2.05) is 60.7 Å². The summed E-state index contributed by atoms with van der Waals surface area (Å²) in [6.45, 7) is 4.18. The van der Waals surface area contributed by atoms with E-state index < -0.39 is 0 Å². The SMILES string of the molecule is CC[C@@H](C)c1ccccc1NC(=O)Cn1cnc2sc(-c3ccccc3)cc2c1=O. The highest BCUT2D eigenvalue weighted by Gasteiger charge is 2.14. The van der Waals surface area contributed by atoms with Crippen molar-refractivity contribution in [1.82, 2.24) is 9.55 Å². The zero-order chi connectivity index (χ0) is 21.1. The van der Waals surface area contributed by atoms with Gasteiger partial charge in [0.2, 0.25) is 5.91 Å². The maximum Gasteiger partial charge on any atom is 0.262 e. The van der Waals surface area contributed by atoms with Gasteiger partial charge in [-0.2, -0.15) is 0 Å². The first-order valence-electron chi connectivity index (χ1n) is 10.00. The highest BCUT2D eigenvalue weighted by Crippen LogP contribution is 2.30. The molecule has 0 unspecified atom stereocenters. The van der Waals surface area contributed by atoms with Crippen LogP contribution in [0.5, 0.6) is 0 Å². The average Bonchev–Trinajstić information content (AvgIpc) is 3.21. The zero-order valence-electron chi connectivity index (χ0n) is 17.0. The van der Waals surface area contributed by atoms with Crippen LogP contribution in [0.15, 0.2) is 71.8 Å². The summed E-state index contributed by atoms with van der Waals surface area (Å²) in [5.41, 5.74) is 2.73. The molecule has 0 radical (unpaired) electrons. The fourth-order valence-corrected chi connectivity index (χ4v) is 4.42. The molecule has 4 rings (SSSR count). The normalized spacial score (nSPS) is 12.1. The van der Waals surface area contributed by atoms with Crippen molar-refractivity contribution in [2.24, 2.45) is 0 Å². The van der Waals surface area contributed by atoms with Crippen LogP contribution in [-0.2, 0) is 11.3 Å². The minimum atomic E-state index is -0.243. The Morgan fingerprint density at radius 1 is 1.13 bits per heavy atom. The third-order valence-electron chi connectivity index (χ3n) is 5.27. The minimum Gasteiger partial charge on any atom is -0.324 e. The summed E-state index contributed by atoms with van der Waals surface area (Å²) < 4.78 is 1.37. The van der Waals surface area contributed by atoms with Crippen molar-refractivity contribution >= 4 is 33.1 Å². The third kappa shape index (κ3) is 4.04. The topological polar surface area (TPSA) is 64.0 Å². The molecule has 0 bridgehead atoms. The van der Waals surface area contributed by atoms with Crippen LogP contribution in [0.2, 0.25) is 0 Å². The van der Waals surface area contributed by atoms with Crippen molar-refractivity contribution in [2.45, 2.75) is 32.7 Å². The molecule has 1 amide bonds. The minimum absolute atomic E-state index is 0.0763. The van der Waals surface area contributed by atoms with Crippen molar-refractivity contribution < 1.29 is 4.79 Å². The summed E-state index contributed by atoms with van der Waals surface area (Å²) in [7, 11) is 0. The lowest BCUT2D eigenvalue weighted by Gasteiger charge is -2.15. The van der Waals surface area contributed by atoms with Crippen LogP contribution in [0.1, 0.15) is 31.7 Å². The van der Waals surface area contributed by atoms with Crippen molar-refractivity contribution in [1.29, 1.82) is 0 Å². The first-order valence-corrected chi connectivity index (χ1v) is 10.8. The first kappa shape index (κ1) is 20.0. The number of fused-ring (bicyclic) bond motifs is 1. The van der Waals surface area contributed by atoms with Crippen LogP contribution in [0.3, 0.4) is 0 Å². The molecular weight excluding hydrogens is 394 g/mol. The van der Waals surface area contributed by atoms with Crippen molar-refractivity contribution in [2.75, 3.05) is 5.32 Å². The summed E-state index contributed by atoms with van der Waals surface area (Å²) in [6.07, 6.45) is 2.44. The number of rotatable bonds is 6. The molecule has 2 heterocycles. The molecular formula is C24H23N3O2S. The number of thiophene rings is 1. The van der Waals surface area contributed by atoms with E-state index in [1.54, 1.807) is 0 Å². The van der Waals surface area contributed by atoms with Gasteiger partial charge in [-0.05, 0) is 35.6 Å². The van der Waals surface area contributed by atoms with E-state index in [0.717, 1.165) is 28.1 Å². The molecule has 0 spiro atoms. The summed E-state index contributed by atoms with van der Waals surface area (Å²) >= 11 is 1.48. The Kier molecular flexibility index (Phi) is 5.77. The van der Waals surface area contributed by atoms with Gasteiger partial charge in [-0.25, -0.2) is 4.98 Å². The quantitative estimate of drug-likeness (QED) is 0.464. The predicted molar refractivity (Wildman–Crippen MR) is 123 cm³/mol. The van der Waals surface area contributed by atoms with Gasteiger partial charge in [0.25, 0.3) is 5.56 Å². The molecule has 0 saturated carbocycles. The summed E-state index contributed by atoms with van der Waals surface area (Å²) in [5, 5.41) is 3.49. The van der Waals surface area contributed by atoms with E-state index in [9.17, 15) is 9.59 Å². The van der Waals surface area contributed by atoms with E-state index >= 15 is 0 Å². The first-order chi connectivity index (χ1) is 14.6. The molecule has 0 aliphatic rings. The van der Waals surface area contributed by atoms with Crippen molar-refractivity contribution in [3.63, 3.8) is 0 Å². The number of benzene rings is 2. The lowest BCUT2D eigenvalue weighted by molar-refractivity contribution is -0.116. The molecule has 6 heteroatoms. The molecule has 1 atom stereocenters. The molecule has 2 aromatic heterocycles. The van der Waals surface area contributed by atoms with Crippen LogP contribution in [-0.4, -0.2) is 15.5 Å². The lowest BCUT2D eigenvalue weighted by Crippen LogP contribution is -2.27. The Morgan fingerprint density at radius 3 is 2.63 bits per heavy atom. The predicted octanol–water partition coefficient (Wildman–Crippen LogP) is 5.28. The molecule has 30 heavy (non-hydrogen) atoms. The summed E-state index contributed by atoms with van der Waals surface area (Å²) in [4.78, 5) is 31.7. The second kappa shape index (κ2) is 8.63. The van der Waals surface area contributed by atoms with E-state index in [2.05, 4.69) is 24.1 Å². The number of hydrogen-bond acceptors (Lipinski definition) is 4. The van der Waals surface area contributed by atoms with Gasteiger partial charge in [0.15, 0.2) is 0 Å². The molecule has 2 aromatic carbocycles. The van der Waals surface area contributed by atoms with Gasteiger partial charge in [-0.15, -0.1) is 11.3 Å². The Balaban J connectivity index is 1.58. The summed E-state index contributed by atoms with van der Waals surface area (Å²) in [5.74, 6) is 0.0944.